The number of hydrogen-bond donors (Lipinski definition) is 1. The van der Waals surface area contributed by atoms with E-state index in [4.69, 9.17) is 10.5 Å². The Morgan fingerprint density at radius 3 is 2.62 bits per heavy atom. The Bertz CT molecular complexity index is 1410. The molecular formula is C24H25F3N10O2. The number of pyridine rings is 1. The third-order valence-electron chi connectivity index (χ3n) is 6.40. The number of hydrogen-bond acceptors (Lipinski definition) is 9. The fourth-order valence-electron chi connectivity index (χ4n) is 4.34. The number of nitrogens with two attached hydrogens (primary N) is 1. The number of nitrogens with zero attached hydrogens (tertiary/aromatic N) is 9. The Balaban J connectivity index is 1.07. The van der Waals surface area contributed by atoms with Gasteiger partial charge in [0.25, 0.3) is 0 Å². The van der Waals surface area contributed by atoms with Crippen molar-refractivity contribution in [1.29, 1.82) is 0 Å². The van der Waals surface area contributed by atoms with Crippen molar-refractivity contribution in [2.45, 2.75) is 44.4 Å². The molecule has 4 heterocycles. The lowest BCUT2D eigenvalue weighted by atomic mass is 10.0. The third kappa shape index (κ3) is 6.37. The van der Waals surface area contributed by atoms with Crippen molar-refractivity contribution in [2.75, 3.05) is 13.1 Å². The predicted octanol–water partition coefficient (Wildman–Crippen LogP) is 1.77. The first-order chi connectivity index (χ1) is 18.9. The molecular weight excluding hydrogens is 517 g/mol. The standard InChI is InChI=1S/C24H25F3N10O2/c25-20-10-22(27)21(26)8-15(20)7-16(28)9-24(38)35-5-3-18(4-6-35)37-31-11-17(32-37)13-39-19-1-2-23(29-12-19)36-14-30-33-34-36/h1-2,8,10-12,14,16,18H,3-7,9,13,28H2/t16-/m0/s1. The number of tetrazole rings is 1. The highest BCUT2D eigenvalue weighted by Crippen LogP contribution is 2.23. The number of carbonyl (C=O) groups is 1. The summed E-state index contributed by atoms with van der Waals surface area (Å²) >= 11 is 0. The van der Waals surface area contributed by atoms with Gasteiger partial charge in [-0.3, -0.25) is 4.79 Å². The number of halogens is 3. The number of piperidine rings is 1. The summed E-state index contributed by atoms with van der Waals surface area (Å²) in [6.45, 7) is 1.19. The Hall–Kier alpha value is -4.40. The summed E-state index contributed by atoms with van der Waals surface area (Å²) in [5, 5.41) is 19.8. The lowest BCUT2D eigenvalue weighted by molar-refractivity contribution is -0.132. The molecule has 1 saturated heterocycles. The SMILES string of the molecule is N[C@H](CC(=O)N1CCC(n2ncc(COc3ccc(-n4cnnn4)nc3)n2)CC1)Cc1cc(F)c(F)cc1F. The molecule has 1 amide bonds. The van der Waals surface area contributed by atoms with Crippen molar-refractivity contribution >= 4 is 5.91 Å². The van der Waals surface area contributed by atoms with Gasteiger partial charge in [0.15, 0.2) is 17.5 Å². The van der Waals surface area contributed by atoms with Crippen LogP contribution < -0.4 is 10.5 Å². The molecule has 1 fully saturated rings. The van der Waals surface area contributed by atoms with Gasteiger partial charge in [0, 0.05) is 31.6 Å². The summed E-state index contributed by atoms with van der Waals surface area (Å²) in [7, 11) is 0. The molecule has 0 aliphatic carbocycles. The average molecular weight is 543 g/mol. The van der Waals surface area contributed by atoms with Gasteiger partial charge in [-0.05, 0) is 53.5 Å². The number of aromatic nitrogens is 8. The highest BCUT2D eigenvalue weighted by Gasteiger charge is 2.26. The molecule has 15 heteroatoms. The molecule has 4 aromatic rings. The van der Waals surface area contributed by atoms with E-state index in [1.54, 1.807) is 34.2 Å². The molecule has 0 unspecified atom stereocenters. The molecule has 3 aromatic heterocycles. The summed E-state index contributed by atoms with van der Waals surface area (Å²) in [5.41, 5.74) is 6.60. The van der Waals surface area contributed by atoms with Gasteiger partial charge < -0.3 is 15.4 Å². The zero-order valence-corrected chi connectivity index (χ0v) is 20.7. The van der Waals surface area contributed by atoms with Gasteiger partial charge in [-0.25, -0.2) is 18.2 Å². The Morgan fingerprint density at radius 2 is 1.90 bits per heavy atom. The topological polar surface area (TPSA) is 143 Å². The number of benzene rings is 1. The Morgan fingerprint density at radius 1 is 1.10 bits per heavy atom. The lowest BCUT2D eigenvalue weighted by Crippen LogP contribution is -2.42. The Labute approximate surface area is 220 Å². The van der Waals surface area contributed by atoms with E-state index in [0.717, 1.165) is 6.07 Å². The first-order valence-electron chi connectivity index (χ1n) is 12.3. The van der Waals surface area contributed by atoms with Crippen LogP contribution in [0.4, 0.5) is 13.2 Å². The molecule has 1 aliphatic heterocycles. The van der Waals surface area contributed by atoms with Crippen LogP contribution in [0.1, 0.15) is 36.6 Å². The summed E-state index contributed by atoms with van der Waals surface area (Å²) in [6, 6.07) is 4.04. The molecule has 204 valence electrons. The maximum atomic E-state index is 13.9. The van der Waals surface area contributed by atoms with Crippen molar-refractivity contribution in [3.8, 4) is 11.6 Å². The van der Waals surface area contributed by atoms with Gasteiger partial charge in [0.2, 0.25) is 5.91 Å². The first-order valence-corrected chi connectivity index (χ1v) is 12.3. The monoisotopic (exact) mass is 542 g/mol. The third-order valence-corrected chi connectivity index (χ3v) is 6.40. The van der Waals surface area contributed by atoms with Crippen molar-refractivity contribution in [2.24, 2.45) is 5.73 Å². The quantitative estimate of drug-likeness (QED) is 0.313. The van der Waals surface area contributed by atoms with Crippen LogP contribution in [0.15, 0.2) is 43.0 Å². The fraction of sp³-hybridized carbons (Fsp3) is 0.375. The average Bonchev–Trinajstić information content (AvgIpc) is 3.64. The molecule has 1 aliphatic rings. The van der Waals surface area contributed by atoms with Gasteiger partial charge in [0.05, 0.1) is 18.4 Å². The van der Waals surface area contributed by atoms with Gasteiger partial charge >= 0.3 is 0 Å². The zero-order chi connectivity index (χ0) is 27.4. The van der Waals surface area contributed by atoms with E-state index in [1.165, 1.54) is 11.0 Å². The minimum atomic E-state index is -1.26. The van der Waals surface area contributed by atoms with Crippen LogP contribution in [0.3, 0.4) is 0 Å². The minimum absolute atomic E-state index is 0.0185. The molecule has 0 saturated carbocycles. The number of ether oxygens (including phenoxy) is 1. The normalized spacial score (nSPS) is 14.9. The molecule has 0 spiro atoms. The molecule has 1 atom stereocenters. The van der Waals surface area contributed by atoms with Gasteiger partial charge in [0.1, 0.15) is 30.2 Å². The molecule has 5 rings (SSSR count). The smallest absolute Gasteiger partial charge is 0.224 e. The zero-order valence-electron chi connectivity index (χ0n) is 20.7. The first kappa shape index (κ1) is 26.2. The predicted molar refractivity (Wildman–Crippen MR) is 129 cm³/mol. The summed E-state index contributed by atoms with van der Waals surface area (Å²) in [6.07, 6.45) is 5.83. The maximum absolute atomic E-state index is 13.9. The van der Waals surface area contributed by atoms with Gasteiger partial charge in [-0.1, -0.05) is 0 Å². The van der Waals surface area contributed by atoms with E-state index >= 15 is 0 Å². The second kappa shape index (κ2) is 11.6. The molecule has 0 radical (unpaired) electrons. The molecule has 12 nitrogen and oxygen atoms in total. The summed E-state index contributed by atoms with van der Waals surface area (Å²) in [5.74, 6) is -2.36. The van der Waals surface area contributed by atoms with Gasteiger partial charge in [-0.2, -0.15) is 19.7 Å². The molecule has 0 bridgehead atoms. The van der Waals surface area contributed by atoms with E-state index in [0.29, 0.717) is 49.3 Å². The minimum Gasteiger partial charge on any atom is -0.486 e. The van der Waals surface area contributed by atoms with Crippen molar-refractivity contribution < 1.29 is 22.7 Å². The van der Waals surface area contributed by atoms with Gasteiger partial charge in [-0.15, -0.1) is 5.10 Å². The van der Waals surface area contributed by atoms with Crippen molar-refractivity contribution in [3.63, 3.8) is 0 Å². The number of amides is 1. The lowest BCUT2D eigenvalue weighted by Gasteiger charge is -2.32. The highest BCUT2D eigenvalue weighted by molar-refractivity contribution is 5.77. The second-order valence-electron chi connectivity index (χ2n) is 9.19. The van der Waals surface area contributed by atoms with Crippen LogP contribution in [0.5, 0.6) is 5.75 Å². The van der Waals surface area contributed by atoms with E-state index < -0.39 is 23.5 Å². The van der Waals surface area contributed by atoms with Crippen LogP contribution in [0, 0.1) is 17.5 Å². The van der Waals surface area contributed by atoms with Crippen molar-refractivity contribution in [3.05, 3.63) is 71.7 Å². The number of likely N-dealkylation sites (tertiary alicyclic amines) is 1. The summed E-state index contributed by atoms with van der Waals surface area (Å²) in [4.78, 5) is 20.3. The van der Waals surface area contributed by atoms with Crippen molar-refractivity contribution in [1.82, 2.24) is 45.1 Å². The van der Waals surface area contributed by atoms with E-state index in [1.807, 2.05) is 0 Å². The highest BCUT2D eigenvalue weighted by atomic mass is 19.2. The number of carbonyl (C=O) groups excluding carboxylic acids is 1. The van der Waals surface area contributed by atoms with E-state index in [-0.39, 0.29) is 37.0 Å². The molecule has 39 heavy (non-hydrogen) atoms. The maximum Gasteiger partial charge on any atom is 0.224 e. The number of rotatable bonds is 9. The largest absolute Gasteiger partial charge is 0.486 e. The van der Waals surface area contributed by atoms with Crippen LogP contribution in [0.25, 0.3) is 5.82 Å². The van der Waals surface area contributed by atoms with E-state index in [2.05, 4.69) is 30.7 Å². The molecule has 1 aromatic carbocycles. The molecule has 2 N–H and O–H groups in total. The summed E-state index contributed by atoms with van der Waals surface area (Å²) < 4.78 is 47.6. The fourth-order valence-corrected chi connectivity index (χ4v) is 4.34. The van der Waals surface area contributed by atoms with Crippen LogP contribution in [-0.4, -0.2) is 70.1 Å². The van der Waals surface area contributed by atoms with Crippen LogP contribution in [0.2, 0.25) is 0 Å². The second-order valence-corrected chi connectivity index (χ2v) is 9.19. The Kier molecular flexibility index (Phi) is 7.76. The van der Waals surface area contributed by atoms with Crippen LogP contribution in [-0.2, 0) is 17.8 Å². The van der Waals surface area contributed by atoms with E-state index in [9.17, 15) is 18.0 Å². The van der Waals surface area contributed by atoms with Crippen LogP contribution >= 0.6 is 0 Å².